The Bertz CT molecular complexity index is 3040. The first-order valence-corrected chi connectivity index (χ1v) is 26.7. The summed E-state index contributed by atoms with van der Waals surface area (Å²) in [4.78, 5) is 69.4. The number of thiophene rings is 1. The molecule has 4 amide bonds. The lowest BCUT2D eigenvalue weighted by Gasteiger charge is -2.36. The Labute approximate surface area is 434 Å². The van der Waals surface area contributed by atoms with Gasteiger partial charge in [0.1, 0.15) is 40.8 Å². The number of benzene rings is 3. The first-order valence-electron chi connectivity index (χ1n) is 24.6. The van der Waals surface area contributed by atoms with Crippen molar-refractivity contribution in [2.75, 3.05) is 6.54 Å². The van der Waals surface area contributed by atoms with Gasteiger partial charge in [-0.15, -0.1) is 32.9 Å². The predicted octanol–water partition coefficient (Wildman–Crippen LogP) is 9.54. The molecule has 1 aliphatic carbocycles. The third-order valence-electron chi connectivity index (χ3n) is 14.1. The van der Waals surface area contributed by atoms with Crippen molar-refractivity contribution in [2.24, 2.45) is 16.3 Å². The van der Waals surface area contributed by atoms with E-state index in [9.17, 15) is 19.2 Å². The van der Waals surface area contributed by atoms with Crippen LogP contribution in [0.15, 0.2) is 83.3 Å². The molecule has 0 unspecified atom stereocenters. The molecule has 3 aliphatic rings. The molecular weight excluding hydrogens is 966 g/mol. The van der Waals surface area contributed by atoms with Gasteiger partial charge in [0.05, 0.1) is 40.7 Å². The van der Waals surface area contributed by atoms with Gasteiger partial charge in [0.25, 0.3) is 0 Å². The summed E-state index contributed by atoms with van der Waals surface area (Å²) < 4.78 is 8.39. The van der Waals surface area contributed by atoms with E-state index in [0.717, 1.165) is 60.5 Å². The monoisotopic (exact) mass is 1030 g/mol. The lowest BCUT2D eigenvalue weighted by Crippen LogP contribution is -2.58. The van der Waals surface area contributed by atoms with Gasteiger partial charge in [0, 0.05) is 46.5 Å². The number of rotatable bonds is 14. The van der Waals surface area contributed by atoms with Crippen molar-refractivity contribution in [3.05, 3.63) is 133 Å². The molecule has 6 aromatic rings. The number of halogens is 1. The van der Waals surface area contributed by atoms with E-state index in [0.29, 0.717) is 42.4 Å². The standard InChI is InChI=1S/C55H62ClN9O5S2/c1-29-21-44(52(68)58-31(3)36-13-15-38(16-14-36)49-32(4)57-28-71-49)64(27-29)53(69)50(55(7,8)9)61-45(66)23-35-11-10-12-41(22-35)70-42-24-40(25-42)59-46(67)26-43-51-63-62-34(6)65(51)54-47(30(2)33(5)72-54)48(60-43)37-17-19-39(56)20-18-37/h10-20,22,28-29,31,40,42-44,50H,21,23-27H2,1-9H3,(H,58,68)(H,59,67)(H,61,66)/t29-,31+,40?,42?,43+,44+,50-/m1/s1. The molecule has 1 saturated carbocycles. The van der Waals surface area contributed by atoms with Gasteiger partial charge >= 0.3 is 0 Å². The Morgan fingerprint density at radius 3 is 2.32 bits per heavy atom. The van der Waals surface area contributed by atoms with E-state index in [1.165, 1.54) is 4.88 Å². The fraction of sp³-hybridized carbons (Fsp3) is 0.418. The molecule has 376 valence electrons. The minimum atomic E-state index is -0.864. The molecule has 2 aliphatic heterocycles. The Balaban J connectivity index is 0.787. The smallest absolute Gasteiger partial charge is 0.246 e. The first kappa shape index (κ1) is 50.7. The van der Waals surface area contributed by atoms with E-state index >= 15 is 0 Å². The number of ether oxygens (including phenoxy) is 1. The van der Waals surface area contributed by atoms with Crippen molar-refractivity contribution in [3.8, 4) is 21.2 Å². The summed E-state index contributed by atoms with van der Waals surface area (Å²) in [6, 6.07) is 20.7. The van der Waals surface area contributed by atoms with E-state index in [2.05, 4.69) is 45.0 Å². The van der Waals surface area contributed by atoms with Crippen LogP contribution in [0.4, 0.5) is 0 Å². The number of carbonyl (C=O) groups excluding carboxylic acids is 4. The first-order chi connectivity index (χ1) is 34.3. The average molecular weight is 1030 g/mol. The molecule has 5 atom stereocenters. The molecule has 3 aromatic carbocycles. The van der Waals surface area contributed by atoms with E-state index < -0.39 is 23.5 Å². The highest BCUT2D eigenvalue weighted by Crippen LogP contribution is 2.40. The minimum absolute atomic E-state index is 0.0307. The largest absolute Gasteiger partial charge is 0.490 e. The van der Waals surface area contributed by atoms with E-state index in [-0.39, 0.29) is 60.6 Å². The van der Waals surface area contributed by atoms with Crippen molar-refractivity contribution in [1.82, 2.24) is 40.6 Å². The van der Waals surface area contributed by atoms with Crippen LogP contribution in [-0.4, -0.2) is 84.8 Å². The molecule has 17 heteroatoms. The molecule has 5 heterocycles. The van der Waals surface area contributed by atoms with Gasteiger partial charge in [-0.3, -0.25) is 28.7 Å². The summed E-state index contributed by atoms with van der Waals surface area (Å²) >= 11 is 9.55. The highest BCUT2D eigenvalue weighted by Gasteiger charge is 2.44. The van der Waals surface area contributed by atoms with Gasteiger partial charge in [-0.1, -0.05) is 87.8 Å². The molecule has 0 radical (unpaired) electrons. The fourth-order valence-corrected chi connectivity index (χ4v) is 12.1. The Kier molecular flexibility index (Phi) is 14.6. The Morgan fingerprint density at radius 2 is 1.62 bits per heavy atom. The van der Waals surface area contributed by atoms with Crippen LogP contribution in [0.1, 0.15) is 122 Å². The third-order valence-corrected chi connectivity index (χ3v) is 16.5. The third kappa shape index (κ3) is 10.8. The quantitative estimate of drug-likeness (QED) is 0.0968. The number of thiazole rings is 1. The number of aromatic nitrogens is 4. The highest BCUT2D eigenvalue weighted by atomic mass is 35.5. The maximum Gasteiger partial charge on any atom is 0.246 e. The molecule has 3 N–H and O–H groups in total. The summed E-state index contributed by atoms with van der Waals surface area (Å²) in [6.45, 7) is 18.3. The minimum Gasteiger partial charge on any atom is -0.490 e. The zero-order valence-corrected chi connectivity index (χ0v) is 44.6. The number of carbonyl (C=O) groups is 4. The van der Waals surface area contributed by atoms with Gasteiger partial charge in [-0.05, 0) is 98.9 Å². The lowest BCUT2D eigenvalue weighted by molar-refractivity contribution is -0.144. The number of amides is 4. The summed E-state index contributed by atoms with van der Waals surface area (Å²) in [5.74, 6) is 1.15. The summed E-state index contributed by atoms with van der Waals surface area (Å²) in [7, 11) is 0. The van der Waals surface area contributed by atoms with Gasteiger partial charge in [-0.25, -0.2) is 4.98 Å². The van der Waals surface area contributed by atoms with Crippen LogP contribution in [0.25, 0.3) is 15.4 Å². The van der Waals surface area contributed by atoms with Crippen molar-refractivity contribution in [1.29, 1.82) is 0 Å². The average Bonchev–Trinajstić information content (AvgIpc) is 4.09. The van der Waals surface area contributed by atoms with E-state index in [1.807, 2.05) is 131 Å². The molecule has 72 heavy (non-hydrogen) atoms. The van der Waals surface area contributed by atoms with Crippen molar-refractivity contribution in [2.45, 2.75) is 131 Å². The molecule has 0 bridgehead atoms. The van der Waals surface area contributed by atoms with Crippen LogP contribution in [-0.2, 0) is 25.6 Å². The zero-order valence-electron chi connectivity index (χ0n) is 42.2. The fourth-order valence-electron chi connectivity index (χ4n) is 9.94. The maximum absolute atomic E-state index is 14.4. The number of aliphatic imine (C=N–C) groups is 1. The Morgan fingerprint density at radius 1 is 0.903 bits per heavy atom. The van der Waals surface area contributed by atoms with Crippen molar-refractivity contribution >= 4 is 63.6 Å². The summed E-state index contributed by atoms with van der Waals surface area (Å²) in [6.07, 6.45) is 1.76. The van der Waals surface area contributed by atoms with Crippen molar-refractivity contribution in [3.63, 3.8) is 0 Å². The molecule has 1 saturated heterocycles. The predicted molar refractivity (Wildman–Crippen MR) is 283 cm³/mol. The van der Waals surface area contributed by atoms with Gasteiger partial charge in [-0.2, -0.15) is 0 Å². The SMILES string of the molecule is Cc1ncsc1-c1ccc([C@H](C)NC(=O)[C@@H]2C[C@@H](C)CN2C(=O)[C@@H](NC(=O)Cc2cccc(OC3CC(NC(=O)C[C@@H]4N=C(c5ccc(Cl)cc5)c5c(sc(C)c5C)-n5c(C)nnc54)C3)c2)C(C)(C)C)cc1. The molecule has 0 spiro atoms. The number of fused-ring (bicyclic) bond motifs is 3. The molecular formula is C55H62ClN9O5S2. The van der Waals surface area contributed by atoms with Crippen LogP contribution >= 0.6 is 34.3 Å². The summed E-state index contributed by atoms with van der Waals surface area (Å²) in [5.41, 5.74) is 8.79. The highest BCUT2D eigenvalue weighted by molar-refractivity contribution is 7.15. The summed E-state index contributed by atoms with van der Waals surface area (Å²) in [5, 5.41) is 20.0. The number of likely N-dealkylation sites (tertiary alicyclic amines) is 1. The van der Waals surface area contributed by atoms with Crippen molar-refractivity contribution < 1.29 is 23.9 Å². The second-order valence-electron chi connectivity index (χ2n) is 20.7. The Hall–Kier alpha value is -6.23. The van der Waals surface area contributed by atoms with Gasteiger partial charge in [0.15, 0.2) is 5.82 Å². The van der Waals surface area contributed by atoms with Gasteiger partial charge < -0.3 is 25.6 Å². The number of hydrogen-bond donors (Lipinski definition) is 3. The molecule has 9 rings (SSSR count). The molecule has 3 aromatic heterocycles. The second-order valence-corrected chi connectivity index (χ2v) is 23.2. The second kappa shape index (κ2) is 20.7. The number of nitrogens with zero attached hydrogens (tertiary/aromatic N) is 6. The number of hydrogen-bond acceptors (Lipinski definition) is 11. The van der Waals surface area contributed by atoms with Gasteiger partial charge in [0.2, 0.25) is 23.6 Å². The molecule has 14 nitrogen and oxygen atoms in total. The number of nitrogens with one attached hydrogen (secondary N) is 3. The van der Waals surface area contributed by atoms with Crippen LogP contribution in [0.2, 0.25) is 5.02 Å². The number of aryl methyl sites for hydroxylation is 3. The maximum atomic E-state index is 14.4. The van der Waals surface area contributed by atoms with Crippen LogP contribution < -0.4 is 20.7 Å². The zero-order chi connectivity index (χ0) is 51.2. The van der Waals surface area contributed by atoms with Crippen LogP contribution in [0.3, 0.4) is 0 Å². The van der Waals surface area contributed by atoms with E-state index in [4.69, 9.17) is 21.3 Å². The molecule has 2 fully saturated rings. The lowest BCUT2D eigenvalue weighted by atomic mass is 9.85. The van der Waals surface area contributed by atoms with E-state index in [1.54, 1.807) is 27.6 Å². The normalized spacial score (nSPS) is 20.3. The van der Waals surface area contributed by atoms with Crippen LogP contribution in [0.5, 0.6) is 5.75 Å². The van der Waals surface area contributed by atoms with Crippen LogP contribution in [0, 0.1) is 39.0 Å². The topological polar surface area (TPSA) is 173 Å².